The number of carboxylic acid groups (broad SMARTS) is 1. The van der Waals surface area contributed by atoms with Crippen molar-refractivity contribution in [1.82, 2.24) is 0 Å². The topological polar surface area (TPSA) is 270 Å². The number of hydrogen-bond donors (Lipinski definition) is 6. The van der Waals surface area contributed by atoms with E-state index >= 15 is 0 Å². The molecule has 0 saturated carbocycles. The smallest absolute Gasteiger partial charge is 0.314 e. The second-order valence-electron chi connectivity index (χ2n) is 14.5. The van der Waals surface area contributed by atoms with Crippen molar-refractivity contribution in [2.45, 2.75) is 147 Å². The molecule has 17 nitrogen and oxygen atoms in total. The molecule has 17 heteroatoms. The highest BCUT2D eigenvalue weighted by Crippen LogP contribution is 2.17. The van der Waals surface area contributed by atoms with E-state index in [1.165, 1.54) is 12.1 Å². The number of phenols is 1. The van der Waals surface area contributed by atoms with Gasteiger partial charge in [-0.05, 0) is 69.2 Å². The predicted octanol–water partition coefficient (Wildman–Crippen LogP) is 6.86. The van der Waals surface area contributed by atoms with E-state index in [1.54, 1.807) is 32.9 Å². The van der Waals surface area contributed by atoms with Gasteiger partial charge >= 0.3 is 35.8 Å². The van der Waals surface area contributed by atoms with Crippen molar-refractivity contribution in [3.63, 3.8) is 0 Å². The minimum atomic E-state index is -0.706. The Labute approximate surface area is 376 Å². The van der Waals surface area contributed by atoms with Crippen LogP contribution >= 0.6 is 0 Å². The summed E-state index contributed by atoms with van der Waals surface area (Å²) in [5.41, 5.74) is 0. The number of aliphatic hydroxyl groups is 4. The lowest BCUT2D eigenvalue weighted by Crippen LogP contribution is -2.21. The summed E-state index contributed by atoms with van der Waals surface area (Å²) in [4.78, 5) is 64.7. The minimum Gasteiger partial charge on any atom is -0.508 e. The average Bonchev–Trinajstić information content (AvgIpc) is 3.29. The molecule has 0 aliphatic heterocycles. The Morgan fingerprint density at radius 2 is 0.857 bits per heavy atom. The van der Waals surface area contributed by atoms with E-state index in [0.717, 1.165) is 38.5 Å². The van der Waals surface area contributed by atoms with Crippen molar-refractivity contribution in [3.05, 3.63) is 24.3 Å². The summed E-state index contributed by atoms with van der Waals surface area (Å²) in [5, 5.41) is 51.1. The summed E-state index contributed by atoms with van der Waals surface area (Å²) in [5.74, 6) is -1.76. The molecule has 1 rings (SSSR count). The molecule has 0 heterocycles. The van der Waals surface area contributed by atoms with Crippen molar-refractivity contribution in [2.24, 2.45) is 35.5 Å². The molecule has 0 aromatic heterocycles. The van der Waals surface area contributed by atoms with Crippen LogP contribution in [0.1, 0.15) is 141 Å². The molecule has 370 valence electrons. The highest BCUT2D eigenvalue weighted by Gasteiger charge is 2.15. The van der Waals surface area contributed by atoms with Gasteiger partial charge in [0.15, 0.2) is 6.79 Å². The first-order chi connectivity index (χ1) is 29.6. The van der Waals surface area contributed by atoms with Crippen molar-refractivity contribution in [3.8, 4) is 11.5 Å². The molecule has 0 bridgehead atoms. The highest BCUT2D eigenvalue weighted by atomic mass is 16.6. The SMILES string of the molecule is CCC(C)C(=O)O.CCC(C)C(=O)OCCCO.CCC(C)C(=O)OCCO.CCC(C)C(=O)OCO.CCC(C)C(=O)Oc1ccc(O)cc1.CCC(O)COC(=O)C(C)CC. The number of carboxylic acids is 1. The van der Waals surface area contributed by atoms with Gasteiger partial charge in [-0.2, -0.15) is 0 Å². The highest BCUT2D eigenvalue weighted by molar-refractivity contribution is 5.75. The van der Waals surface area contributed by atoms with Crippen LogP contribution in [0, 0.1) is 35.5 Å². The lowest BCUT2D eigenvalue weighted by molar-refractivity contribution is -0.156. The molecule has 0 spiro atoms. The molecular formula is C46H84O17. The van der Waals surface area contributed by atoms with Gasteiger partial charge in [-0.1, -0.05) is 90.0 Å². The van der Waals surface area contributed by atoms with Crippen LogP contribution in [-0.2, 0) is 47.7 Å². The maximum absolute atomic E-state index is 11.3. The molecule has 6 N–H and O–H groups in total. The zero-order valence-corrected chi connectivity index (χ0v) is 40.4. The Balaban J connectivity index is -0.000000216. The molecule has 0 radical (unpaired) electrons. The first kappa shape index (κ1) is 67.8. The Bertz CT molecular complexity index is 1290. The van der Waals surface area contributed by atoms with Crippen LogP contribution in [0.4, 0.5) is 0 Å². The Kier molecular flexibility index (Phi) is 49.1. The van der Waals surface area contributed by atoms with Gasteiger partial charge in [0.05, 0.1) is 54.8 Å². The molecule has 1 aromatic rings. The van der Waals surface area contributed by atoms with Gasteiger partial charge in [-0.25, -0.2) is 0 Å². The van der Waals surface area contributed by atoms with Gasteiger partial charge < -0.3 is 54.3 Å². The van der Waals surface area contributed by atoms with Gasteiger partial charge in [0.25, 0.3) is 0 Å². The molecule has 1 aromatic carbocycles. The number of phenolic OH excluding ortho intramolecular Hbond substituents is 1. The molecule has 63 heavy (non-hydrogen) atoms. The number of carbonyl (C=O) groups is 6. The fraction of sp³-hybridized carbons (Fsp3) is 0.739. The zero-order chi connectivity index (χ0) is 49.9. The Hall–Kier alpha value is -4.32. The van der Waals surface area contributed by atoms with E-state index in [0.29, 0.717) is 25.2 Å². The number of ether oxygens (including phenoxy) is 5. The summed E-state index contributed by atoms with van der Waals surface area (Å²) in [6.45, 7) is 24.1. The molecule has 0 aliphatic carbocycles. The summed E-state index contributed by atoms with van der Waals surface area (Å²) >= 11 is 0. The van der Waals surface area contributed by atoms with Crippen LogP contribution in [0.2, 0.25) is 0 Å². The van der Waals surface area contributed by atoms with Crippen LogP contribution in [0.3, 0.4) is 0 Å². The molecule has 0 saturated heterocycles. The first-order valence-corrected chi connectivity index (χ1v) is 22.0. The van der Waals surface area contributed by atoms with Crippen LogP contribution in [-0.4, -0.2) is 112 Å². The summed E-state index contributed by atoms with van der Waals surface area (Å²) in [6, 6.07) is 6.10. The average molecular weight is 909 g/mol. The van der Waals surface area contributed by atoms with Gasteiger partial charge in [0.2, 0.25) is 0 Å². The maximum Gasteiger partial charge on any atom is 0.314 e. The summed E-state index contributed by atoms with van der Waals surface area (Å²) in [7, 11) is 0. The van der Waals surface area contributed by atoms with E-state index < -0.39 is 18.9 Å². The number of aliphatic carboxylic acids is 1. The van der Waals surface area contributed by atoms with Crippen molar-refractivity contribution < 1.29 is 83.1 Å². The lowest BCUT2D eigenvalue weighted by atomic mass is 10.1. The molecule has 0 aliphatic rings. The number of rotatable bonds is 22. The fourth-order valence-corrected chi connectivity index (χ4v) is 3.05. The number of esters is 5. The van der Waals surface area contributed by atoms with Gasteiger partial charge in [-0.3, -0.25) is 28.8 Å². The zero-order valence-electron chi connectivity index (χ0n) is 40.4. The van der Waals surface area contributed by atoms with Crippen molar-refractivity contribution in [2.75, 3.05) is 39.8 Å². The quantitative estimate of drug-likeness (QED) is 0.0228. The normalized spacial score (nSPS) is 13.2. The largest absolute Gasteiger partial charge is 0.508 e. The molecule has 7 atom stereocenters. The lowest BCUT2D eigenvalue weighted by Gasteiger charge is -2.11. The Morgan fingerprint density at radius 3 is 1.17 bits per heavy atom. The van der Waals surface area contributed by atoms with Crippen LogP contribution < -0.4 is 4.74 Å². The van der Waals surface area contributed by atoms with Crippen LogP contribution in [0.25, 0.3) is 0 Å². The number of benzene rings is 1. The first-order valence-electron chi connectivity index (χ1n) is 22.0. The molecule has 0 fully saturated rings. The van der Waals surface area contributed by atoms with Gasteiger partial charge in [0.1, 0.15) is 24.7 Å². The fourth-order valence-electron chi connectivity index (χ4n) is 3.05. The van der Waals surface area contributed by atoms with Crippen LogP contribution in [0.5, 0.6) is 11.5 Å². The second kappa shape index (κ2) is 45.7. The van der Waals surface area contributed by atoms with E-state index in [2.05, 4.69) is 9.47 Å². The number of hydrogen-bond acceptors (Lipinski definition) is 16. The number of aliphatic hydroxyl groups excluding tert-OH is 4. The third-order valence-electron chi connectivity index (χ3n) is 9.14. The summed E-state index contributed by atoms with van der Waals surface area (Å²) in [6.07, 6.45) is 5.22. The van der Waals surface area contributed by atoms with Gasteiger partial charge in [0, 0.05) is 13.0 Å². The maximum atomic E-state index is 11.3. The summed E-state index contributed by atoms with van der Waals surface area (Å²) < 4.78 is 23.7. The standard InChI is InChI=1S/C11H14O3.C9H18O3.C8H16O3.C7H14O3.C6H12O3.C5H10O2/c1-3-8(2)11(13)14-10-6-4-9(12)5-7-10;1-4-7(3)9(11)12-6-8(10)5-2;1-3-7(2)8(10)11-6-4-5-9;1-3-6(2)7(9)10-5-4-8;1-3-5(2)6(8)9-4-7;1-3-4(2)5(6)7/h4-8,12H,3H2,1-2H3;7-8,10H,4-6H2,1-3H3;7,9H,3-6H2,1-2H3;6,8H,3-5H2,1-2H3;5,7H,3-4H2,1-2H3;4H,3H2,1-2H3,(H,6,7). The third kappa shape index (κ3) is 42.7. The minimum absolute atomic E-state index is 0.0197. The predicted molar refractivity (Wildman–Crippen MR) is 239 cm³/mol. The molecule has 0 amide bonds. The van der Waals surface area contributed by atoms with Crippen LogP contribution in [0.15, 0.2) is 24.3 Å². The molecule has 7 unspecified atom stereocenters. The van der Waals surface area contributed by atoms with Crippen molar-refractivity contribution >= 4 is 35.8 Å². The van der Waals surface area contributed by atoms with E-state index in [-0.39, 0.29) is 97.5 Å². The second-order valence-corrected chi connectivity index (χ2v) is 14.5. The Morgan fingerprint density at radius 1 is 0.492 bits per heavy atom. The van der Waals surface area contributed by atoms with Crippen molar-refractivity contribution in [1.29, 1.82) is 0 Å². The van der Waals surface area contributed by atoms with E-state index in [9.17, 15) is 28.8 Å². The molecular weight excluding hydrogens is 824 g/mol. The van der Waals surface area contributed by atoms with E-state index in [4.69, 9.17) is 44.8 Å². The van der Waals surface area contributed by atoms with E-state index in [1.807, 2.05) is 69.2 Å². The number of aromatic hydroxyl groups is 1. The third-order valence-corrected chi connectivity index (χ3v) is 9.14. The number of carbonyl (C=O) groups excluding carboxylic acids is 5. The monoisotopic (exact) mass is 909 g/mol. The van der Waals surface area contributed by atoms with Gasteiger partial charge in [-0.15, -0.1) is 0 Å².